The van der Waals surface area contributed by atoms with Crippen molar-refractivity contribution in [2.24, 2.45) is 11.3 Å². The molecular formula is C33H36F3N3O2. The molecule has 0 saturated heterocycles. The highest BCUT2D eigenvalue weighted by atomic mass is 19.4. The average Bonchev–Trinajstić information content (AvgIpc) is 2.98. The molecule has 4 aliphatic carbocycles. The predicted octanol–water partition coefficient (Wildman–Crippen LogP) is 7.99. The second kappa shape index (κ2) is 10.8. The largest absolute Gasteiger partial charge is 0.481 e. The highest BCUT2D eigenvalue weighted by molar-refractivity contribution is 5.94. The van der Waals surface area contributed by atoms with Gasteiger partial charge in [-0.25, -0.2) is 4.98 Å². The summed E-state index contributed by atoms with van der Waals surface area (Å²) < 4.78 is 45.6. The molecule has 0 unspecified atom stereocenters. The zero-order valence-corrected chi connectivity index (χ0v) is 23.4. The Bertz CT molecular complexity index is 1390. The SMILES string of the molecule is COc1cc(-c2cccc(N(CC34CCC(c5cc(C(F)(F)F)ccn5)(CC3)CC4)C(=O)CC3CCC3)c2)ccn1. The van der Waals surface area contributed by atoms with Crippen LogP contribution >= 0.6 is 0 Å². The van der Waals surface area contributed by atoms with E-state index in [-0.39, 0.29) is 16.7 Å². The first-order valence-corrected chi connectivity index (χ1v) is 14.6. The van der Waals surface area contributed by atoms with Crippen molar-refractivity contribution in [2.45, 2.75) is 75.8 Å². The maximum absolute atomic E-state index is 13.8. The normalized spacial score (nSPS) is 24.1. The lowest BCUT2D eigenvalue weighted by Gasteiger charge is -2.54. The molecule has 1 aromatic carbocycles. The number of methoxy groups -OCH3 is 1. The Balaban J connectivity index is 1.25. The smallest absolute Gasteiger partial charge is 0.416 e. The molecule has 4 saturated carbocycles. The Morgan fingerprint density at radius 1 is 0.951 bits per heavy atom. The van der Waals surface area contributed by atoms with E-state index in [1.807, 2.05) is 35.2 Å². The highest BCUT2D eigenvalue weighted by Crippen LogP contribution is 2.58. The first-order valence-electron chi connectivity index (χ1n) is 14.6. The van der Waals surface area contributed by atoms with E-state index in [1.54, 1.807) is 13.3 Å². The number of pyridine rings is 2. The van der Waals surface area contributed by atoms with Crippen LogP contribution in [0.3, 0.4) is 0 Å². The third kappa shape index (κ3) is 5.57. The Labute approximate surface area is 239 Å². The number of benzene rings is 1. The number of rotatable bonds is 8. The fourth-order valence-corrected chi connectivity index (χ4v) is 7.05. The van der Waals surface area contributed by atoms with Crippen LogP contribution in [-0.2, 0) is 16.4 Å². The number of fused-ring (bicyclic) bond motifs is 3. The lowest BCUT2D eigenvalue weighted by molar-refractivity contribution is -0.137. The summed E-state index contributed by atoms with van der Waals surface area (Å²) in [5.41, 5.74) is 2.43. The van der Waals surface area contributed by atoms with E-state index >= 15 is 0 Å². The molecule has 41 heavy (non-hydrogen) atoms. The molecule has 8 heteroatoms. The molecule has 0 aliphatic heterocycles. The van der Waals surface area contributed by atoms with Crippen LogP contribution in [0, 0.1) is 11.3 Å². The molecule has 4 aliphatic rings. The number of nitrogens with zero attached hydrogens (tertiary/aromatic N) is 3. The van der Waals surface area contributed by atoms with Crippen LogP contribution in [0.1, 0.15) is 75.5 Å². The fraction of sp³-hybridized carbons (Fsp3) is 0.485. The molecule has 0 radical (unpaired) electrons. The first kappa shape index (κ1) is 27.7. The van der Waals surface area contributed by atoms with Crippen molar-refractivity contribution in [2.75, 3.05) is 18.6 Å². The van der Waals surface area contributed by atoms with Crippen molar-refractivity contribution in [1.29, 1.82) is 0 Å². The lowest BCUT2D eigenvalue weighted by Crippen LogP contribution is -2.51. The van der Waals surface area contributed by atoms with E-state index < -0.39 is 11.7 Å². The lowest BCUT2D eigenvalue weighted by atomic mass is 9.52. The standard InChI is InChI=1S/C33H36F3N3O2/c1-41-29-20-25(8-16-38-29)24-6-3-7-27(19-24)39(30(40)18-23-4-2-5-23)22-31-10-13-32(14-11-31,15-12-31)28-21-26(9-17-37-28)33(34,35)36/h3,6-9,16-17,19-21,23H,2,4-5,10-15,18,22H2,1H3. The van der Waals surface area contributed by atoms with Gasteiger partial charge in [-0.15, -0.1) is 0 Å². The molecule has 2 bridgehead atoms. The van der Waals surface area contributed by atoms with E-state index in [0.717, 1.165) is 74.2 Å². The molecule has 0 N–H and O–H groups in total. The average molecular weight is 564 g/mol. The predicted molar refractivity (Wildman–Crippen MR) is 152 cm³/mol. The van der Waals surface area contributed by atoms with E-state index in [0.29, 0.717) is 30.5 Å². The summed E-state index contributed by atoms with van der Waals surface area (Å²) in [6.07, 6.45) is 7.60. The molecule has 216 valence electrons. The van der Waals surface area contributed by atoms with Gasteiger partial charge in [0.1, 0.15) is 0 Å². The number of carbonyl (C=O) groups is 1. The van der Waals surface area contributed by atoms with Gasteiger partial charge in [0.05, 0.1) is 12.7 Å². The van der Waals surface area contributed by atoms with Gasteiger partial charge in [-0.2, -0.15) is 13.2 Å². The molecular weight excluding hydrogens is 527 g/mol. The van der Waals surface area contributed by atoms with Crippen LogP contribution < -0.4 is 9.64 Å². The van der Waals surface area contributed by atoms with Crippen LogP contribution in [0.2, 0.25) is 0 Å². The molecule has 0 spiro atoms. The summed E-state index contributed by atoms with van der Waals surface area (Å²) >= 11 is 0. The fourth-order valence-electron chi connectivity index (χ4n) is 7.05. The number of hydrogen-bond acceptors (Lipinski definition) is 4. The van der Waals surface area contributed by atoms with E-state index in [2.05, 4.69) is 16.0 Å². The number of alkyl halides is 3. The second-order valence-electron chi connectivity index (χ2n) is 12.3. The summed E-state index contributed by atoms with van der Waals surface area (Å²) in [4.78, 5) is 24.5. The van der Waals surface area contributed by atoms with Crippen molar-refractivity contribution >= 4 is 11.6 Å². The van der Waals surface area contributed by atoms with Crippen molar-refractivity contribution < 1.29 is 22.7 Å². The van der Waals surface area contributed by atoms with E-state index in [1.165, 1.54) is 18.7 Å². The van der Waals surface area contributed by atoms with Gasteiger partial charge in [0.2, 0.25) is 11.8 Å². The van der Waals surface area contributed by atoms with E-state index in [4.69, 9.17) is 4.74 Å². The maximum Gasteiger partial charge on any atom is 0.416 e. The first-order chi connectivity index (χ1) is 19.7. The van der Waals surface area contributed by atoms with Crippen LogP contribution in [0.4, 0.5) is 18.9 Å². The number of aromatic nitrogens is 2. The molecule has 4 fully saturated rings. The molecule has 1 amide bonds. The van der Waals surface area contributed by atoms with Crippen LogP contribution in [0.5, 0.6) is 5.88 Å². The zero-order chi connectivity index (χ0) is 28.7. The molecule has 5 nitrogen and oxygen atoms in total. The van der Waals surface area contributed by atoms with Gasteiger partial charge in [0.15, 0.2) is 0 Å². The van der Waals surface area contributed by atoms with Gasteiger partial charge in [-0.1, -0.05) is 18.6 Å². The van der Waals surface area contributed by atoms with Gasteiger partial charge in [-0.3, -0.25) is 9.78 Å². The van der Waals surface area contributed by atoms with Gasteiger partial charge >= 0.3 is 6.18 Å². The molecule has 2 aromatic heterocycles. The number of amides is 1. The molecule has 0 atom stereocenters. The number of anilines is 1. The molecule has 2 heterocycles. The van der Waals surface area contributed by atoms with Gasteiger partial charge in [0.25, 0.3) is 0 Å². The van der Waals surface area contributed by atoms with E-state index in [9.17, 15) is 18.0 Å². The third-order valence-corrected chi connectivity index (χ3v) is 9.95. The number of carbonyl (C=O) groups excluding carboxylic acids is 1. The highest BCUT2D eigenvalue weighted by Gasteiger charge is 2.51. The topological polar surface area (TPSA) is 55.3 Å². The van der Waals surface area contributed by atoms with Gasteiger partial charge < -0.3 is 9.64 Å². The van der Waals surface area contributed by atoms with Crippen LogP contribution in [-0.4, -0.2) is 29.5 Å². The molecule has 3 aromatic rings. The quantitative estimate of drug-likeness (QED) is 0.279. The summed E-state index contributed by atoms with van der Waals surface area (Å²) in [6, 6.07) is 14.2. The summed E-state index contributed by atoms with van der Waals surface area (Å²) in [5, 5.41) is 0. The Morgan fingerprint density at radius 3 is 2.32 bits per heavy atom. The Kier molecular flexibility index (Phi) is 7.28. The second-order valence-corrected chi connectivity index (χ2v) is 12.3. The summed E-state index contributed by atoms with van der Waals surface area (Å²) in [6.45, 7) is 0.633. The van der Waals surface area contributed by atoms with Crippen LogP contribution in [0.15, 0.2) is 60.9 Å². The van der Waals surface area contributed by atoms with Gasteiger partial charge in [-0.05, 0) is 104 Å². The Morgan fingerprint density at radius 2 is 1.66 bits per heavy atom. The molecule has 7 rings (SSSR count). The number of ether oxygens (including phenoxy) is 1. The minimum Gasteiger partial charge on any atom is -0.481 e. The van der Waals surface area contributed by atoms with Crippen molar-refractivity contribution in [3.8, 4) is 17.0 Å². The van der Waals surface area contributed by atoms with Crippen LogP contribution in [0.25, 0.3) is 11.1 Å². The summed E-state index contributed by atoms with van der Waals surface area (Å²) in [5.74, 6) is 1.15. The van der Waals surface area contributed by atoms with Crippen molar-refractivity contribution in [1.82, 2.24) is 9.97 Å². The monoisotopic (exact) mass is 563 g/mol. The third-order valence-electron chi connectivity index (χ3n) is 9.95. The Hall–Kier alpha value is -3.42. The minimum atomic E-state index is -4.38. The number of halogens is 3. The summed E-state index contributed by atoms with van der Waals surface area (Å²) in [7, 11) is 1.59. The minimum absolute atomic E-state index is 0.0471. The zero-order valence-electron chi connectivity index (χ0n) is 23.4. The number of hydrogen-bond donors (Lipinski definition) is 0. The van der Waals surface area contributed by atoms with Gasteiger partial charge in [0, 0.05) is 48.2 Å². The maximum atomic E-state index is 13.8. The van der Waals surface area contributed by atoms with Crippen molar-refractivity contribution in [3.63, 3.8) is 0 Å². The van der Waals surface area contributed by atoms with Crippen molar-refractivity contribution in [3.05, 3.63) is 72.2 Å².